The van der Waals surface area contributed by atoms with Crippen molar-refractivity contribution in [1.82, 2.24) is 4.90 Å². The molecule has 2 atom stereocenters. The summed E-state index contributed by atoms with van der Waals surface area (Å²) in [6, 6.07) is 0.680. The van der Waals surface area contributed by atoms with Gasteiger partial charge < -0.3 is 0 Å². The molecule has 0 aromatic rings. The normalized spacial score (nSPS) is 33.2. The molecule has 1 rings (SSSR count). The van der Waals surface area contributed by atoms with E-state index in [1.165, 1.54) is 19.4 Å². The summed E-state index contributed by atoms with van der Waals surface area (Å²) in [7, 11) is 0. The zero-order valence-corrected chi connectivity index (χ0v) is 7.51. The van der Waals surface area contributed by atoms with Gasteiger partial charge in [-0.15, -0.1) is 6.42 Å². The number of piperidine rings is 1. The van der Waals surface area contributed by atoms with Crippen molar-refractivity contribution in [1.29, 1.82) is 0 Å². The van der Waals surface area contributed by atoms with Crippen molar-refractivity contribution in [3.63, 3.8) is 0 Å². The molecule has 0 aromatic carbocycles. The van der Waals surface area contributed by atoms with Gasteiger partial charge in [-0.2, -0.15) is 0 Å². The Morgan fingerprint density at radius 3 is 2.91 bits per heavy atom. The zero-order chi connectivity index (χ0) is 8.27. The molecule has 1 nitrogen and oxygen atoms in total. The van der Waals surface area contributed by atoms with Gasteiger partial charge in [0.2, 0.25) is 0 Å². The molecule has 62 valence electrons. The SMILES string of the molecule is C#CCN1CCCC(C)C1C. The minimum absolute atomic E-state index is 0.680. The molecule has 1 aliphatic heterocycles. The summed E-state index contributed by atoms with van der Waals surface area (Å²) in [6.45, 7) is 6.61. The standard InChI is InChI=1S/C10H17N/c1-4-7-11-8-5-6-9(2)10(11)3/h1,9-10H,5-8H2,2-3H3. The molecule has 0 saturated carbocycles. The van der Waals surface area contributed by atoms with Gasteiger partial charge in [0.25, 0.3) is 0 Å². The molecule has 0 amide bonds. The van der Waals surface area contributed by atoms with Crippen LogP contribution >= 0.6 is 0 Å². The molecule has 1 fully saturated rings. The van der Waals surface area contributed by atoms with Crippen molar-refractivity contribution in [3.05, 3.63) is 0 Å². The Morgan fingerprint density at radius 2 is 2.27 bits per heavy atom. The van der Waals surface area contributed by atoms with Crippen LogP contribution < -0.4 is 0 Å². The molecule has 1 saturated heterocycles. The first kappa shape index (κ1) is 8.62. The van der Waals surface area contributed by atoms with E-state index < -0.39 is 0 Å². The fourth-order valence-corrected chi connectivity index (χ4v) is 1.76. The Hall–Kier alpha value is -0.480. The van der Waals surface area contributed by atoms with Crippen molar-refractivity contribution in [2.45, 2.75) is 32.7 Å². The third kappa shape index (κ3) is 1.97. The molecule has 0 spiro atoms. The van der Waals surface area contributed by atoms with Gasteiger partial charge in [0.15, 0.2) is 0 Å². The van der Waals surface area contributed by atoms with Crippen LogP contribution in [0.3, 0.4) is 0 Å². The van der Waals surface area contributed by atoms with Gasteiger partial charge in [0.1, 0.15) is 0 Å². The molecule has 1 heteroatoms. The summed E-state index contributed by atoms with van der Waals surface area (Å²) >= 11 is 0. The Morgan fingerprint density at radius 1 is 1.55 bits per heavy atom. The highest BCUT2D eigenvalue weighted by molar-refractivity contribution is 4.91. The van der Waals surface area contributed by atoms with Gasteiger partial charge in [-0.3, -0.25) is 4.90 Å². The first-order valence-corrected chi connectivity index (χ1v) is 4.43. The van der Waals surface area contributed by atoms with E-state index in [-0.39, 0.29) is 0 Å². The first-order valence-electron chi connectivity index (χ1n) is 4.43. The monoisotopic (exact) mass is 151 g/mol. The van der Waals surface area contributed by atoms with Crippen molar-refractivity contribution >= 4 is 0 Å². The lowest BCUT2D eigenvalue weighted by atomic mass is 9.92. The number of hydrogen-bond donors (Lipinski definition) is 0. The molecule has 0 N–H and O–H groups in total. The highest BCUT2D eigenvalue weighted by Crippen LogP contribution is 2.21. The molecule has 1 heterocycles. The van der Waals surface area contributed by atoms with E-state index in [1.54, 1.807) is 0 Å². The maximum absolute atomic E-state index is 5.28. The Balaban J connectivity index is 2.45. The smallest absolute Gasteiger partial charge is 0.0601 e. The van der Waals surface area contributed by atoms with E-state index in [2.05, 4.69) is 24.7 Å². The predicted octanol–water partition coefficient (Wildman–Crippen LogP) is 1.74. The zero-order valence-electron chi connectivity index (χ0n) is 7.51. The van der Waals surface area contributed by atoms with Crippen LogP contribution in [-0.2, 0) is 0 Å². The van der Waals surface area contributed by atoms with Crippen LogP contribution in [0.25, 0.3) is 0 Å². The molecule has 0 radical (unpaired) electrons. The second-order valence-electron chi connectivity index (χ2n) is 3.53. The van der Waals surface area contributed by atoms with Crippen LogP contribution in [0.2, 0.25) is 0 Å². The lowest BCUT2D eigenvalue weighted by Gasteiger charge is -2.36. The summed E-state index contributed by atoms with van der Waals surface area (Å²) in [5.41, 5.74) is 0. The number of hydrogen-bond acceptors (Lipinski definition) is 1. The summed E-state index contributed by atoms with van der Waals surface area (Å²) in [4.78, 5) is 2.40. The minimum atomic E-state index is 0.680. The minimum Gasteiger partial charge on any atom is -0.289 e. The third-order valence-corrected chi connectivity index (χ3v) is 2.80. The van der Waals surface area contributed by atoms with Gasteiger partial charge in [0.05, 0.1) is 6.54 Å². The number of rotatable bonds is 1. The lowest BCUT2D eigenvalue weighted by Crippen LogP contribution is -2.42. The Labute approximate surface area is 69.8 Å². The highest BCUT2D eigenvalue weighted by atomic mass is 15.2. The largest absolute Gasteiger partial charge is 0.289 e. The number of likely N-dealkylation sites (tertiary alicyclic amines) is 1. The van der Waals surface area contributed by atoms with Crippen LogP contribution in [0.1, 0.15) is 26.7 Å². The average Bonchev–Trinajstić information content (AvgIpc) is 1.99. The molecule has 0 aliphatic carbocycles. The second-order valence-corrected chi connectivity index (χ2v) is 3.53. The summed E-state index contributed by atoms with van der Waals surface area (Å²) < 4.78 is 0. The fraction of sp³-hybridized carbons (Fsp3) is 0.800. The lowest BCUT2D eigenvalue weighted by molar-refractivity contribution is 0.130. The van der Waals surface area contributed by atoms with E-state index in [4.69, 9.17) is 6.42 Å². The van der Waals surface area contributed by atoms with Gasteiger partial charge in [-0.1, -0.05) is 12.8 Å². The Kier molecular flexibility index (Phi) is 2.96. The van der Waals surface area contributed by atoms with E-state index in [0.717, 1.165) is 12.5 Å². The molecule has 2 unspecified atom stereocenters. The van der Waals surface area contributed by atoms with Gasteiger partial charge >= 0.3 is 0 Å². The highest BCUT2D eigenvalue weighted by Gasteiger charge is 2.23. The quantitative estimate of drug-likeness (QED) is 0.516. The second kappa shape index (κ2) is 3.78. The van der Waals surface area contributed by atoms with E-state index in [1.807, 2.05) is 0 Å². The maximum atomic E-state index is 5.28. The molecule has 11 heavy (non-hydrogen) atoms. The third-order valence-electron chi connectivity index (χ3n) is 2.80. The van der Waals surface area contributed by atoms with Crippen molar-refractivity contribution < 1.29 is 0 Å². The number of nitrogens with zero attached hydrogens (tertiary/aromatic N) is 1. The molecular formula is C10H17N. The predicted molar refractivity (Wildman–Crippen MR) is 48.3 cm³/mol. The maximum Gasteiger partial charge on any atom is 0.0601 e. The van der Waals surface area contributed by atoms with Crippen molar-refractivity contribution in [3.8, 4) is 12.3 Å². The van der Waals surface area contributed by atoms with Gasteiger partial charge in [-0.25, -0.2) is 0 Å². The first-order chi connectivity index (χ1) is 5.25. The van der Waals surface area contributed by atoms with E-state index in [9.17, 15) is 0 Å². The van der Waals surface area contributed by atoms with Crippen molar-refractivity contribution in [2.24, 2.45) is 5.92 Å². The van der Waals surface area contributed by atoms with Crippen LogP contribution in [0.4, 0.5) is 0 Å². The summed E-state index contributed by atoms with van der Waals surface area (Å²) in [5.74, 6) is 3.53. The molecule has 1 aliphatic rings. The molecule has 0 aromatic heterocycles. The molecular weight excluding hydrogens is 134 g/mol. The van der Waals surface area contributed by atoms with E-state index >= 15 is 0 Å². The van der Waals surface area contributed by atoms with E-state index in [0.29, 0.717) is 6.04 Å². The fourth-order valence-electron chi connectivity index (χ4n) is 1.76. The van der Waals surface area contributed by atoms with Crippen LogP contribution in [0, 0.1) is 18.3 Å². The van der Waals surface area contributed by atoms with Crippen molar-refractivity contribution in [2.75, 3.05) is 13.1 Å². The van der Waals surface area contributed by atoms with Gasteiger partial charge in [0, 0.05) is 6.04 Å². The summed E-state index contributed by atoms with van der Waals surface area (Å²) in [6.07, 6.45) is 7.95. The Bertz CT molecular complexity index is 157. The average molecular weight is 151 g/mol. The molecule has 0 bridgehead atoms. The van der Waals surface area contributed by atoms with Gasteiger partial charge in [-0.05, 0) is 32.2 Å². The summed E-state index contributed by atoms with van der Waals surface area (Å²) in [5, 5.41) is 0. The van der Waals surface area contributed by atoms with Crippen LogP contribution in [-0.4, -0.2) is 24.0 Å². The van der Waals surface area contributed by atoms with Crippen LogP contribution in [0.5, 0.6) is 0 Å². The topological polar surface area (TPSA) is 3.24 Å². The van der Waals surface area contributed by atoms with Crippen LogP contribution in [0.15, 0.2) is 0 Å². The number of terminal acetylenes is 1.